The van der Waals surface area contributed by atoms with E-state index in [9.17, 15) is 14.0 Å². The number of nitrogens with one attached hydrogen (secondary N) is 1. The number of carbonyl (C=O) groups excluding carboxylic acids is 2. The number of pyridine rings is 2. The maximum Gasteiger partial charge on any atom is 0.252 e. The highest BCUT2D eigenvalue weighted by atomic mass is 35.5. The van der Waals surface area contributed by atoms with Crippen molar-refractivity contribution < 1.29 is 14.0 Å². The Morgan fingerprint density at radius 3 is 2.65 bits per heavy atom. The van der Waals surface area contributed by atoms with Crippen molar-refractivity contribution >= 4 is 29.1 Å². The molecule has 3 aromatic rings. The van der Waals surface area contributed by atoms with Crippen LogP contribution in [0.4, 0.5) is 10.1 Å². The highest BCUT2D eigenvalue weighted by Crippen LogP contribution is 2.35. The molecule has 2 heterocycles. The largest absolute Gasteiger partial charge is 0.352 e. The van der Waals surface area contributed by atoms with Crippen molar-refractivity contribution in [2.24, 2.45) is 5.92 Å². The van der Waals surface area contributed by atoms with E-state index in [1.807, 2.05) is 12.1 Å². The third-order valence-corrected chi connectivity index (χ3v) is 6.13. The molecule has 8 heteroatoms. The Morgan fingerprint density at radius 1 is 1.18 bits per heavy atom. The van der Waals surface area contributed by atoms with Crippen molar-refractivity contribution in [2.75, 3.05) is 18.0 Å². The van der Waals surface area contributed by atoms with Gasteiger partial charge in [-0.15, -0.1) is 0 Å². The van der Waals surface area contributed by atoms with Crippen LogP contribution in [0.1, 0.15) is 42.1 Å². The number of aryl methyl sites for hydroxylation is 1. The molecule has 1 aromatic carbocycles. The first-order valence-electron chi connectivity index (χ1n) is 11.3. The summed E-state index contributed by atoms with van der Waals surface area (Å²) < 4.78 is 13.6. The number of hydrogen-bond donors (Lipinski definition) is 1. The minimum absolute atomic E-state index is 0.0272. The predicted octanol–water partition coefficient (Wildman–Crippen LogP) is 5.06. The van der Waals surface area contributed by atoms with Gasteiger partial charge in [0.15, 0.2) is 0 Å². The zero-order valence-corrected chi connectivity index (χ0v) is 19.7. The molecule has 2 aromatic heterocycles. The Morgan fingerprint density at radius 2 is 2.00 bits per heavy atom. The van der Waals surface area contributed by atoms with E-state index >= 15 is 0 Å². The molecule has 0 unspecified atom stereocenters. The number of rotatable bonds is 9. The van der Waals surface area contributed by atoms with Gasteiger partial charge in [-0.25, -0.2) is 4.98 Å². The zero-order valence-electron chi connectivity index (χ0n) is 18.9. The molecule has 0 radical (unpaired) electrons. The first kappa shape index (κ1) is 23.8. The normalized spacial score (nSPS) is 12.9. The van der Waals surface area contributed by atoms with Crippen LogP contribution in [-0.4, -0.2) is 34.9 Å². The Bertz CT molecular complexity index is 1180. The molecule has 1 N–H and O–H groups in total. The van der Waals surface area contributed by atoms with Gasteiger partial charge in [0.25, 0.3) is 5.91 Å². The Kier molecular flexibility index (Phi) is 7.53. The quantitative estimate of drug-likeness (QED) is 0.343. The van der Waals surface area contributed by atoms with Crippen LogP contribution in [0.3, 0.4) is 0 Å². The lowest BCUT2D eigenvalue weighted by Crippen LogP contribution is -2.30. The molecule has 34 heavy (non-hydrogen) atoms. The molecule has 0 atom stereocenters. The summed E-state index contributed by atoms with van der Waals surface area (Å²) in [5, 5.41) is 3.32. The lowest BCUT2D eigenvalue weighted by atomic mass is 10.1. The van der Waals surface area contributed by atoms with Crippen molar-refractivity contribution in [2.45, 2.75) is 32.6 Å². The molecule has 176 valence electrons. The van der Waals surface area contributed by atoms with E-state index in [0.717, 1.165) is 18.4 Å². The van der Waals surface area contributed by atoms with Gasteiger partial charge in [0.2, 0.25) is 11.9 Å². The van der Waals surface area contributed by atoms with Gasteiger partial charge in [0.05, 0.1) is 22.0 Å². The summed E-state index contributed by atoms with van der Waals surface area (Å²) in [6, 6.07) is 12.4. The number of benzene rings is 1. The highest BCUT2D eigenvalue weighted by molar-refractivity contribution is 6.34. The Labute approximate surface area is 203 Å². The molecule has 0 saturated heterocycles. The van der Waals surface area contributed by atoms with Gasteiger partial charge in [-0.2, -0.15) is 4.39 Å². The van der Waals surface area contributed by atoms with E-state index in [1.54, 1.807) is 42.2 Å². The van der Waals surface area contributed by atoms with Crippen molar-refractivity contribution in [3.8, 4) is 11.3 Å². The molecule has 1 fully saturated rings. The number of hydrogen-bond acceptors (Lipinski definition) is 4. The summed E-state index contributed by atoms with van der Waals surface area (Å²) >= 11 is 6.52. The maximum atomic E-state index is 13.6. The van der Waals surface area contributed by atoms with Gasteiger partial charge < -0.3 is 10.2 Å². The van der Waals surface area contributed by atoms with Gasteiger partial charge in [0.1, 0.15) is 0 Å². The molecule has 1 aliphatic rings. The molecule has 1 aliphatic carbocycles. The summed E-state index contributed by atoms with van der Waals surface area (Å²) in [6.07, 6.45) is 6.31. The van der Waals surface area contributed by atoms with Gasteiger partial charge >= 0.3 is 0 Å². The van der Waals surface area contributed by atoms with Crippen LogP contribution < -0.4 is 10.2 Å². The average molecular weight is 481 g/mol. The average Bonchev–Trinajstić information content (AvgIpc) is 3.66. The summed E-state index contributed by atoms with van der Waals surface area (Å²) in [7, 11) is 0. The summed E-state index contributed by atoms with van der Waals surface area (Å²) in [6.45, 7) is 2.66. The summed E-state index contributed by atoms with van der Waals surface area (Å²) in [5.74, 6) is -0.188. The van der Waals surface area contributed by atoms with Crippen LogP contribution in [0.15, 0.2) is 54.9 Å². The SMILES string of the molecule is CC(=O)N(CC1CC1)c1ccc(-c2ccc(C(=O)NCCCc3cccnc3F)cn2)cc1Cl. The van der Waals surface area contributed by atoms with E-state index in [4.69, 9.17) is 11.6 Å². The maximum absolute atomic E-state index is 13.6. The Hall–Kier alpha value is -3.32. The number of amides is 2. The van der Waals surface area contributed by atoms with Crippen LogP contribution in [0.25, 0.3) is 11.3 Å². The Balaban J connectivity index is 1.35. The molecule has 0 bridgehead atoms. The molecule has 0 spiro atoms. The van der Waals surface area contributed by atoms with Crippen LogP contribution in [0, 0.1) is 11.9 Å². The molecule has 6 nitrogen and oxygen atoms in total. The number of nitrogens with zero attached hydrogens (tertiary/aromatic N) is 3. The molecule has 0 aliphatic heterocycles. The smallest absolute Gasteiger partial charge is 0.252 e. The van der Waals surface area contributed by atoms with Crippen LogP contribution >= 0.6 is 11.6 Å². The number of aromatic nitrogens is 2. The lowest BCUT2D eigenvalue weighted by Gasteiger charge is -2.22. The van der Waals surface area contributed by atoms with Crippen LogP contribution in [0.5, 0.6) is 0 Å². The van der Waals surface area contributed by atoms with Crippen molar-refractivity contribution in [3.05, 3.63) is 77.0 Å². The second-order valence-electron chi connectivity index (χ2n) is 8.48. The lowest BCUT2D eigenvalue weighted by molar-refractivity contribution is -0.116. The van der Waals surface area contributed by atoms with E-state index in [2.05, 4.69) is 15.3 Å². The van der Waals surface area contributed by atoms with E-state index in [-0.39, 0.29) is 11.8 Å². The molecular weight excluding hydrogens is 455 g/mol. The first-order valence-corrected chi connectivity index (χ1v) is 11.7. The molecule has 4 rings (SSSR count). The predicted molar refractivity (Wildman–Crippen MR) is 130 cm³/mol. The highest BCUT2D eigenvalue weighted by Gasteiger charge is 2.27. The van der Waals surface area contributed by atoms with Gasteiger partial charge in [-0.3, -0.25) is 14.6 Å². The van der Waals surface area contributed by atoms with E-state index in [1.165, 1.54) is 12.4 Å². The fraction of sp³-hybridized carbons (Fsp3) is 0.308. The second-order valence-corrected chi connectivity index (χ2v) is 8.89. The molecular formula is C26H26ClFN4O2. The van der Waals surface area contributed by atoms with E-state index < -0.39 is 5.95 Å². The van der Waals surface area contributed by atoms with E-state index in [0.29, 0.717) is 59.4 Å². The number of halogens is 2. The fourth-order valence-corrected chi connectivity index (χ4v) is 4.01. The standard InChI is InChI=1S/C26H26ClFN4O2/c1-17(33)32(16-18-6-7-18)24-11-9-20(14-22(24)27)23-10-8-21(15-31-23)26(34)30-13-3-5-19-4-2-12-29-25(19)28/h2,4,8-12,14-15,18H,3,5-7,13,16H2,1H3,(H,30,34). The van der Waals surface area contributed by atoms with Gasteiger partial charge in [0, 0.05) is 43.5 Å². The number of carbonyl (C=O) groups is 2. The monoisotopic (exact) mass is 480 g/mol. The van der Waals surface area contributed by atoms with Crippen LogP contribution in [0.2, 0.25) is 5.02 Å². The zero-order chi connectivity index (χ0) is 24.1. The third kappa shape index (κ3) is 5.97. The second kappa shape index (κ2) is 10.7. The van der Waals surface area contributed by atoms with Gasteiger partial charge in [-0.1, -0.05) is 23.7 Å². The fourth-order valence-electron chi connectivity index (χ4n) is 3.73. The topological polar surface area (TPSA) is 75.2 Å². The third-order valence-electron chi connectivity index (χ3n) is 5.82. The van der Waals surface area contributed by atoms with Crippen molar-refractivity contribution in [1.29, 1.82) is 0 Å². The molecule has 1 saturated carbocycles. The van der Waals surface area contributed by atoms with Crippen molar-refractivity contribution in [3.63, 3.8) is 0 Å². The minimum atomic E-state index is -0.473. The summed E-state index contributed by atoms with van der Waals surface area (Å²) in [5.41, 5.74) is 3.15. The van der Waals surface area contributed by atoms with Crippen molar-refractivity contribution in [1.82, 2.24) is 15.3 Å². The summed E-state index contributed by atoms with van der Waals surface area (Å²) in [4.78, 5) is 34.3. The van der Waals surface area contributed by atoms with Gasteiger partial charge in [-0.05, 0) is 61.9 Å². The van der Waals surface area contributed by atoms with Crippen LogP contribution in [-0.2, 0) is 11.2 Å². The molecule has 2 amide bonds. The first-order chi connectivity index (χ1) is 16.4. The number of anilines is 1. The minimum Gasteiger partial charge on any atom is -0.352 e.